The van der Waals surface area contributed by atoms with Gasteiger partial charge in [0.15, 0.2) is 0 Å². The molecule has 0 saturated carbocycles. The zero-order chi connectivity index (χ0) is 14.5. The monoisotopic (exact) mass is 278 g/mol. The Hall–Kier alpha value is -2.05. The number of hydrogen-bond donors (Lipinski definition) is 1. The second kappa shape index (κ2) is 6.21. The number of halogens is 4. The molecule has 19 heavy (non-hydrogen) atoms. The molecule has 1 aromatic rings. The van der Waals surface area contributed by atoms with E-state index in [-0.39, 0.29) is 18.4 Å². The minimum absolute atomic E-state index is 0.105. The number of carbonyl (C=O) groups is 1. The average molecular weight is 278 g/mol. The molecule has 0 aromatic heterocycles. The lowest BCUT2D eigenvalue weighted by atomic mass is 10.1. The standard InChI is InChI=1S/C12H10F4O3/c13-10-6-5-9(19-12(14,15)16)7-8(10)3-1-2-4-11(17)18/h1,3,5-7H,2,4H2,(H,17,18). The van der Waals surface area contributed by atoms with Crippen molar-refractivity contribution < 1.29 is 32.2 Å². The van der Waals surface area contributed by atoms with E-state index >= 15 is 0 Å². The summed E-state index contributed by atoms with van der Waals surface area (Å²) in [7, 11) is 0. The molecule has 0 radical (unpaired) electrons. The molecule has 0 heterocycles. The normalized spacial score (nSPS) is 11.8. The van der Waals surface area contributed by atoms with Crippen LogP contribution in [0, 0.1) is 5.82 Å². The van der Waals surface area contributed by atoms with E-state index in [2.05, 4.69) is 4.74 Å². The predicted octanol–water partition coefficient (Wildman–Crippen LogP) is 3.60. The summed E-state index contributed by atoms with van der Waals surface area (Å²) in [5.41, 5.74) is -0.105. The molecule has 0 fully saturated rings. The summed E-state index contributed by atoms with van der Waals surface area (Å²) < 4.78 is 52.8. The van der Waals surface area contributed by atoms with E-state index in [1.165, 1.54) is 12.2 Å². The fraction of sp³-hybridized carbons (Fsp3) is 0.250. The lowest BCUT2D eigenvalue weighted by Gasteiger charge is -2.09. The molecule has 1 N–H and O–H groups in total. The number of rotatable bonds is 5. The van der Waals surface area contributed by atoms with Crippen LogP contribution in [0.1, 0.15) is 18.4 Å². The number of alkyl halides is 3. The third-order valence-electron chi connectivity index (χ3n) is 2.02. The van der Waals surface area contributed by atoms with Crippen molar-refractivity contribution in [2.45, 2.75) is 19.2 Å². The quantitative estimate of drug-likeness (QED) is 0.837. The van der Waals surface area contributed by atoms with Gasteiger partial charge in [0.05, 0.1) is 0 Å². The summed E-state index contributed by atoms with van der Waals surface area (Å²) in [6.45, 7) is 0. The number of carboxylic acid groups (broad SMARTS) is 1. The smallest absolute Gasteiger partial charge is 0.481 e. The number of allylic oxidation sites excluding steroid dienone is 1. The highest BCUT2D eigenvalue weighted by molar-refractivity contribution is 5.67. The third-order valence-corrected chi connectivity index (χ3v) is 2.02. The molecular formula is C12H10F4O3. The van der Waals surface area contributed by atoms with Crippen LogP contribution in [0.25, 0.3) is 6.08 Å². The molecule has 0 saturated heterocycles. The fourth-order valence-corrected chi connectivity index (χ4v) is 1.26. The minimum Gasteiger partial charge on any atom is -0.481 e. The molecule has 7 heteroatoms. The van der Waals surface area contributed by atoms with Crippen molar-refractivity contribution in [3.8, 4) is 5.75 Å². The van der Waals surface area contributed by atoms with Crippen LogP contribution in [0.2, 0.25) is 0 Å². The highest BCUT2D eigenvalue weighted by atomic mass is 19.4. The second-order valence-electron chi connectivity index (χ2n) is 3.57. The van der Waals surface area contributed by atoms with E-state index in [1.54, 1.807) is 0 Å². The van der Waals surface area contributed by atoms with Crippen molar-refractivity contribution in [3.05, 3.63) is 35.7 Å². The van der Waals surface area contributed by atoms with Gasteiger partial charge in [-0.2, -0.15) is 0 Å². The summed E-state index contributed by atoms with van der Waals surface area (Å²) in [5, 5.41) is 8.38. The summed E-state index contributed by atoms with van der Waals surface area (Å²) in [6, 6.07) is 2.59. The van der Waals surface area contributed by atoms with Gasteiger partial charge in [0, 0.05) is 12.0 Å². The van der Waals surface area contributed by atoms with E-state index in [4.69, 9.17) is 5.11 Å². The number of ether oxygens (including phenoxy) is 1. The first-order valence-corrected chi connectivity index (χ1v) is 5.21. The lowest BCUT2D eigenvalue weighted by molar-refractivity contribution is -0.274. The molecule has 104 valence electrons. The van der Waals surface area contributed by atoms with Gasteiger partial charge in [-0.25, -0.2) is 4.39 Å². The molecule has 0 aliphatic rings. The van der Waals surface area contributed by atoms with Crippen molar-refractivity contribution in [3.63, 3.8) is 0 Å². The molecular weight excluding hydrogens is 268 g/mol. The number of benzene rings is 1. The zero-order valence-corrected chi connectivity index (χ0v) is 9.58. The van der Waals surface area contributed by atoms with Crippen LogP contribution in [0.15, 0.2) is 24.3 Å². The van der Waals surface area contributed by atoms with Gasteiger partial charge >= 0.3 is 12.3 Å². The van der Waals surface area contributed by atoms with Crippen molar-refractivity contribution in [2.24, 2.45) is 0 Å². The van der Waals surface area contributed by atoms with Gasteiger partial charge in [-0.15, -0.1) is 13.2 Å². The first kappa shape index (κ1) is 15.0. The number of carboxylic acids is 1. The van der Waals surface area contributed by atoms with E-state index in [9.17, 15) is 22.4 Å². The third kappa shape index (κ3) is 5.89. The van der Waals surface area contributed by atoms with Crippen LogP contribution in [0.3, 0.4) is 0 Å². The number of aliphatic carboxylic acids is 1. The van der Waals surface area contributed by atoms with E-state index < -0.39 is 23.9 Å². The van der Waals surface area contributed by atoms with Gasteiger partial charge in [0.25, 0.3) is 0 Å². The molecule has 0 aliphatic heterocycles. The van der Waals surface area contributed by atoms with Gasteiger partial charge in [0.2, 0.25) is 0 Å². The Morgan fingerprint density at radius 3 is 2.63 bits per heavy atom. The Morgan fingerprint density at radius 2 is 2.05 bits per heavy atom. The Balaban J connectivity index is 2.77. The Morgan fingerprint density at radius 1 is 1.37 bits per heavy atom. The average Bonchev–Trinajstić information content (AvgIpc) is 2.26. The molecule has 0 atom stereocenters. The molecule has 1 rings (SSSR count). The molecule has 3 nitrogen and oxygen atoms in total. The highest BCUT2D eigenvalue weighted by Crippen LogP contribution is 2.25. The van der Waals surface area contributed by atoms with Gasteiger partial charge in [-0.3, -0.25) is 4.79 Å². The van der Waals surface area contributed by atoms with Crippen molar-refractivity contribution in [1.29, 1.82) is 0 Å². The summed E-state index contributed by atoms with van der Waals surface area (Å²) in [5.74, 6) is -2.27. The van der Waals surface area contributed by atoms with E-state index in [0.29, 0.717) is 0 Å². The van der Waals surface area contributed by atoms with Gasteiger partial charge in [-0.1, -0.05) is 12.2 Å². The van der Waals surface area contributed by atoms with E-state index in [0.717, 1.165) is 18.2 Å². The van der Waals surface area contributed by atoms with Crippen molar-refractivity contribution in [2.75, 3.05) is 0 Å². The largest absolute Gasteiger partial charge is 0.573 e. The molecule has 0 amide bonds. The SMILES string of the molecule is O=C(O)CCC=Cc1cc(OC(F)(F)F)ccc1F. The Bertz CT molecular complexity index is 480. The maximum absolute atomic E-state index is 13.3. The van der Waals surface area contributed by atoms with Crippen molar-refractivity contribution >= 4 is 12.0 Å². The van der Waals surface area contributed by atoms with Crippen LogP contribution < -0.4 is 4.74 Å². The van der Waals surface area contributed by atoms with E-state index in [1.807, 2.05) is 0 Å². The second-order valence-corrected chi connectivity index (χ2v) is 3.57. The predicted molar refractivity (Wildman–Crippen MR) is 59.0 cm³/mol. The van der Waals surface area contributed by atoms with Crippen LogP contribution in [0.4, 0.5) is 17.6 Å². The molecule has 1 aromatic carbocycles. The van der Waals surface area contributed by atoms with Crippen LogP contribution in [0.5, 0.6) is 5.75 Å². The Labute approximate surface area is 106 Å². The summed E-state index contributed by atoms with van der Waals surface area (Å²) in [4.78, 5) is 10.2. The first-order chi connectivity index (χ1) is 8.78. The minimum atomic E-state index is -4.85. The first-order valence-electron chi connectivity index (χ1n) is 5.21. The van der Waals surface area contributed by atoms with Gasteiger partial charge in [-0.05, 0) is 24.6 Å². The summed E-state index contributed by atoms with van der Waals surface area (Å²) >= 11 is 0. The molecule has 0 unspecified atom stereocenters. The molecule has 0 aliphatic carbocycles. The van der Waals surface area contributed by atoms with Crippen LogP contribution >= 0.6 is 0 Å². The maximum atomic E-state index is 13.3. The van der Waals surface area contributed by atoms with Gasteiger partial charge < -0.3 is 9.84 Å². The van der Waals surface area contributed by atoms with Crippen LogP contribution in [-0.2, 0) is 4.79 Å². The fourth-order valence-electron chi connectivity index (χ4n) is 1.26. The highest BCUT2D eigenvalue weighted by Gasteiger charge is 2.31. The van der Waals surface area contributed by atoms with Crippen molar-refractivity contribution in [1.82, 2.24) is 0 Å². The lowest BCUT2D eigenvalue weighted by Crippen LogP contribution is -2.17. The maximum Gasteiger partial charge on any atom is 0.573 e. The van der Waals surface area contributed by atoms with Crippen LogP contribution in [-0.4, -0.2) is 17.4 Å². The summed E-state index contributed by atoms with van der Waals surface area (Å²) in [6.07, 6.45) is -2.26. The van der Waals surface area contributed by atoms with Gasteiger partial charge in [0.1, 0.15) is 11.6 Å². The molecule has 0 bridgehead atoms. The Kier molecular flexibility index (Phi) is 4.91. The zero-order valence-electron chi connectivity index (χ0n) is 9.58. The topological polar surface area (TPSA) is 46.5 Å². The molecule has 0 spiro atoms. The number of hydrogen-bond acceptors (Lipinski definition) is 2.